The van der Waals surface area contributed by atoms with E-state index in [0.29, 0.717) is 17.7 Å². The highest BCUT2D eigenvalue weighted by molar-refractivity contribution is 5.95. The first-order valence-corrected chi connectivity index (χ1v) is 10.2. The number of nitrogens with two attached hydrogens (primary N) is 1. The Morgan fingerprint density at radius 2 is 2.00 bits per heavy atom. The second-order valence-corrected chi connectivity index (χ2v) is 7.05. The van der Waals surface area contributed by atoms with Gasteiger partial charge in [0.25, 0.3) is 0 Å². The molecule has 0 aliphatic carbocycles. The summed E-state index contributed by atoms with van der Waals surface area (Å²) in [7, 11) is 1.19. The van der Waals surface area contributed by atoms with Gasteiger partial charge in [-0.15, -0.1) is 0 Å². The molecule has 1 aromatic carbocycles. The lowest BCUT2D eigenvalue weighted by Crippen LogP contribution is -2.49. The number of unbranched alkanes of at least 4 members (excludes halogenated alkanes) is 1. The van der Waals surface area contributed by atoms with Crippen LogP contribution >= 0.6 is 0 Å². The van der Waals surface area contributed by atoms with Gasteiger partial charge >= 0.3 is 12.1 Å². The average Bonchev–Trinajstić information content (AvgIpc) is 3.24. The number of ether oxygens (including phenoxy) is 2. The molecule has 0 spiro atoms. The van der Waals surface area contributed by atoms with Crippen molar-refractivity contribution >= 4 is 29.5 Å². The van der Waals surface area contributed by atoms with Crippen LogP contribution in [0.25, 0.3) is 5.70 Å². The highest BCUT2D eigenvalue weighted by Crippen LogP contribution is 2.20. The maximum atomic E-state index is 12.3. The van der Waals surface area contributed by atoms with Gasteiger partial charge in [-0.1, -0.05) is 37.6 Å². The highest BCUT2D eigenvalue weighted by Gasteiger charge is 2.25. The number of esters is 1. The summed E-state index contributed by atoms with van der Waals surface area (Å²) in [6.07, 6.45) is 2.04. The molecule has 174 valence electrons. The number of rotatable bonds is 11. The van der Waals surface area contributed by atoms with E-state index in [9.17, 15) is 14.4 Å². The molecule has 2 amide bonds. The number of amides is 2. The van der Waals surface area contributed by atoms with E-state index in [1.54, 1.807) is 30.3 Å². The van der Waals surface area contributed by atoms with Gasteiger partial charge in [-0.25, -0.2) is 9.59 Å². The molecule has 1 aliphatic rings. The van der Waals surface area contributed by atoms with Crippen molar-refractivity contribution in [1.82, 2.24) is 16.1 Å². The third kappa shape index (κ3) is 7.58. The predicted molar refractivity (Wildman–Crippen MR) is 116 cm³/mol. The molecule has 2 rings (SSSR count). The number of hydroxylamine groups is 1. The minimum absolute atomic E-state index is 0.00311. The van der Waals surface area contributed by atoms with Gasteiger partial charge in [-0.05, 0) is 18.1 Å². The molecule has 1 aromatic rings. The number of hydrogen-bond donors (Lipinski definition) is 5. The van der Waals surface area contributed by atoms with E-state index in [4.69, 9.17) is 20.7 Å². The SMILES string of the molecule is CCCCOC(=O)NC(CNC(=O)C[C@H]1C=C(c2ccc(C(=N)N)cc2)NO1)C(=O)OC. The first-order valence-electron chi connectivity index (χ1n) is 10.2. The summed E-state index contributed by atoms with van der Waals surface area (Å²) >= 11 is 0. The number of hydrogen-bond acceptors (Lipinski definition) is 8. The van der Waals surface area contributed by atoms with Crippen molar-refractivity contribution in [3.05, 3.63) is 41.5 Å². The molecule has 0 bridgehead atoms. The van der Waals surface area contributed by atoms with Gasteiger partial charge in [-0.3, -0.25) is 20.5 Å². The standard InChI is InChI=1S/C21H29N5O6/c1-3-4-9-31-21(29)25-17(20(28)30-2)12-24-18(27)11-15-10-16(26-32-15)13-5-7-14(8-6-13)19(22)23/h5-8,10,15,17,26H,3-4,9,11-12H2,1-2H3,(H3,22,23)(H,24,27)(H,25,29)/t15-,17?/m1/s1. The molecule has 0 radical (unpaired) electrons. The Hall–Kier alpha value is -3.60. The van der Waals surface area contributed by atoms with Gasteiger partial charge in [0.1, 0.15) is 18.0 Å². The molecule has 0 fully saturated rings. The molecular weight excluding hydrogens is 418 g/mol. The van der Waals surface area contributed by atoms with Gasteiger partial charge in [0, 0.05) is 12.1 Å². The summed E-state index contributed by atoms with van der Waals surface area (Å²) < 4.78 is 9.64. The third-order valence-corrected chi connectivity index (χ3v) is 4.58. The summed E-state index contributed by atoms with van der Waals surface area (Å²) in [6.45, 7) is 2.04. The lowest BCUT2D eigenvalue weighted by Gasteiger charge is -2.17. The molecule has 0 saturated carbocycles. The lowest BCUT2D eigenvalue weighted by atomic mass is 10.1. The van der Waals surface area contributed by atoms with Gasteiger partial charge in [-0.2, -0.15) is 0 Å². The van der Waals surface area contributed by atoms with Crippen LogP contribution < -0.4 is 21.8 Å². The van der Waals surface area contributed by atoms with Crippen molar-refractivity contribution in [3.8, 4) is 0 Å². The molecular formula is C21H29N5O6. The zero-order chi connectivity index (χ0) is 23.5. The largest absolute Gasteiger partial charge is 0.467 e. The van der Waals surface area contributed by atoms with Crippen LogP contribution in [-0.4, -0.2) is 56.2 Å². The van der Waals surface area contributed by atoms with Crippen molar-refractivity contribution < 1.29 is 28.7 Å². The maximum absolute atomic E-state index is 12.3. The number of nitrogens with one attached hydrogen (secondary N) is 4. The fraction of sp³-hybridized carbons (Fsp3) is 0.429. The minimum atomic E-state index is -1.08. The molecule has 0 saturated heterocycles. The summed E-state index contributed by atoms with van der Waals surface area (Å²) in [5, 5.41) is 12.4. The van der Waals surface area contributed by atoms with Gasteiger partial charge in [0.05, 0.1) is 25.8 Å². The van der Waals surface area contributed by atoms with E-state index in [2.05, 4.69) is 20.9 Å². The Morgan fingerprint density at radius 3 is 2.62 bits per heavy atom. The zero-order valence-corrected chi connectivity index (χ0v) is 18.1. The van der Waals surface area contributed by atoms with E-state index >= 15 is 0 Å². The number of benzene rings is 1. The number of methoxy groups -OCH3 is 1. The number of alkyl carbamates (subject to hydrolysis) is 1. The van der Waals surface area contributed by atoms with Gasteiger partial charge < -0.3 is 25.8 Å². The first kappa shape index (κ1) is 24.7. The number of carbonyl (C=O) groups is 3. The summed E-state index contributed by atoms with van der Waals surface area (Å²) in [5.41, 5.74) is 10.3. The second kappa shape index (κ2) is 12.3. The highest BCUT2D eigenvalue weighted by atomic mass is 16.7. The van der Waals surface area contributed by atoms with Crippen molar-refractivity contribution in [1.29, 1.82) is 5.41 Å². The van der Waals surface area contributed by atoms with Crippen LogP contribution in [-0.2, 0) is 23.9 Å². The third-order valence-electron chi connectivity index (χ3n) is 4.58. The van der Waals surface area contributed by atoms with Crippen molar-refractivity contribution in [2.45, 2.75) is 38.3 Å². The second-order valence-electron chi connectivity index (χ2n) is 7.05. The number of nitrogen functional groups attached to an aromatic ring is 1. The zero-order valence-electron chi connectivity index (χ0n) is 18.1. The normalized spacial score (nSPS) is 15.7. The monoisotopic (exact) mass is 447 g/mol. The molecule has 2 atom stereocenters. The maximum Gasteiger partial charge on any atom is 0.407 e. The molecule has 0 aromatic heterocycles. The quantitative estimate of drug-likeness (QED) is 0.144. The number of amidine groups is 1. The Balaban J connectivity index is 1.85. The molecule has 1 heterocycles. The van der Waals surface area contributed by atoms with Crippen LogP contribution in [0.2, 0.25) is 0 Å². The summed E-state index contributed by atoms with van der Waals surface area (Å²) in [4.78, 5) is 41.4. The van der Waals surface area contributed by atoms with Crippen LogP contribution in [0.15, 0.2) is 30.3 Å². The van der Waals surface area contributed by atoms with Crippen LogP contribution in [0, 0.1) is 5.41 Å². The molecule has 32 heavy (non-hydrogen) atoms. The van der Waals surface area contributed by atoms with Crippen molar-refractivity contribution in [2.75, 3.05) is 20.3 Å². The van der Waals surface area contributed by atoms with E-state index in [-0.39, 0.29) is 31.3 Å². The van der Waals surface area contributed by atoms with E-state index < -0.39 is 24.2 Å². The molecule has 6 N–H and O–H groups in total. The molecule has 1 aliphatic heterocycles. The van der Waals surface area contributed by atoms with E-state index in [1.165, 1.54) is 7.11 Å². The van der Waals surface area contributed by atoms with E-state index in [0.717, 1.165) is 12.0 Å². The fourth-order valence-corrected chi connectivity index (χ4v) is 2.78. The Labute approximate surface area is 186 Å². The topological polar surface area (TPSA) is 165 Å². The van der Waals surface area contributed by atoms with Crippen LogP contribution in [0.1, 0.15) is 37.3 Å². The van der Waals surface area contributed by atoms with Crippen molar-refractivity contribution in [2.24, 2.45) is 5.73 Å². The Kier molecular flexibility index (Phi) is 9.48. The lowest BCUT2D eigenvalue weighted by molar-refractivity contribution is -0.143. The smallest absolute Gasteiger partial charge is 0.407 e. The first-order chi connectivity index (χ1) is 15.3. The molecule has 11 heteroatoms. The van der Waals surface area contributed by atoms with Gasteiger partial charge in [0.15, 0.2) is 0 Å². The Morgan fingerprint density at radius 1 is 1.28 bits per heavy atom. The summed E-state index contributed by atoms with van der Waals surface area (Å²) in [6, 6.07) is 5.92. The van der Waals surface area contributed by atoms with Gasteiger partial charge in [0.2, 0.25) is 5.91 Å². The van der Waals surface area contributed by atoms with Crippen molar-refractivity contribution in [3.63, 3.8) is 0 Å². The van der Waals surface area contributed by atoms with Crippen LogP contribution in [0.5, 0.6) is 0 Å². The molecule has 1 unspecified atom stereocenters. The molecule has 11 nitrogen and oxygen atoms in total. The average molecular weight is 447 g/mol. The number of carbonyl (C=O) groups excluding carboxylic acids is 3. The summed E-state index contributed by atoms with van der Waals surface area (Å²) in [5.74, 6) is -1.10. The van der Waals surface area contributed by atoms with Crippen LogP contribution in [0.4, 0.5) is 4.79 Å². The van der Waals surface area contributed by atoms with Crippen LogP contribution in [0.3, 0.4) is 0 Å². The predicted octanol–water partition coefficient (Wildman–Crippen LogP) is 0.789. The van der Waals surface area contributed by atoms with E-state index in [1.807, 2.05) is 6.92 Å². The fourth-order valence-electron chi connectivity index (χ4n) is 2.78. The minimum Gasteiger partial charge on any atom is -0.467 e. The Bertz CT molecular complexity index is 855.